The molecule has 0 aromatic rings. The molecule has 0 bridgehead atoms. The minimum Gasteiger partial charge on any atom is -0.392 e. The van der Waals surface area contributed by atoms with Crippen LogP contribution in [0.5, 0.6) is 0 Å². The molecule has 0 amide bonds. The zero-order chi connectivity index (χ0) is 9.56. The van der Waals surface area contributed by atoms with Gasteiger partial charge in [0.1, 0.15) is 0 Å². The number of nitriles is 1. The van der Waals surface area contributed by atoms with Crippen LogP contribution in [0.3, 0.4) is 0 Å². The van der Waals surface area contributed by atoms with Gasteiger partial charge in [0.2, 0.25) is 0 Å². The van der Waals surface area contributed by atoms with Gasteiger partial charge in [0.25, 0.3) is 0 Å². The van der Waals surface area contributed by atoms with Gasteiger partial charge in [-0.2, -0.15) is 17.0 Å². The van der Waals surface area contributed by atoms with Crippen LogP contribution in [0.25, 0.3) is 0 Å². The molecule has 3 unspecified atom stereocenters. The minimum atomic E-state index is -0.289. The van der Waals surface area contributed by atoms with Crippen molar-refractivity contribution in [2.75, 3.05) is 0 Å². The predicted octanol–water partition coefficient (Wildman–Crippen LogP) is 2.18. The fraction of sp³-hybridized carbons (Fsp3) is 0.889. The molecule has 0 radical (unpaired) electrons. The highest BCUT2D eigenvalue weighted by atomic mass is 32.2. The van der Waals surface area contributed by atoms with Crippen molar-refractivity contribution >= 4 is 11.8 Å². The number of rotatable bonds is 5. The fourth-order valence-electron chi connectivity index (χ4n) is 0.808. The number of aliphatic hydroxyl groups excluding tert-OH is 1. The lowest BCUT2D eigenvalue weighted by molar-refractivity contribution is 0.196. The highest BCUT2D eigenvalue weighted by Crippen LogP contribution is 2.24. The maximum absolute atomic E-state index is 9.23. The van der Waals surface area contributed by atoms with Crippen LogP contribution in [0.15, 0.2) is 0 Å². The van der Waals surface area contributed by atoms with Crippen molar-refractivity contribution in [2.24, 2.45) is 0 Å². The van der Waals surface area contributed by atoms with E-state index in [9.17, 15) is 5.11 Å². The van der Waals surface area contributed by atoms with Gasteiger partial charge in [-0.25, -0.2) is 0 Å². The summed E-state index contributed by atoms with van der Waals surface area (Å²) in [5.74, 6) is 0. The SMILES string of the molecule is CCC(CC#N)SC(C)C(C)O. The normalized spacial score (nSPS) is 17.9. The first-order chi connectivity index (χ1) is 5.61. The summed E-state index contributed by atoms with van der Waals surface area (Å²) in [6.07, 6.45) is 1.29. The molecule has 0 saturated carbocycles. The predicted molar refractivity (Wildman–Crippen MR) is 53.0 cm³/mol. The largest absolute Gasteiger partial charge is 0.392 e. The maximum atomic E-state index is 9.23. The molecule has 1 N–H and O–H groups in total. The summed E-state index contributed by atoms with van der Waals surface area (Å²) in [4.78, 5) is 0. The molecule has 0 aliphatic rings. The van der Waals surface area contributed by atoms with Gasteiger partial charge in [0.15, 0.2) is 0 Å². The van der Waals surface area contributed by atoms with E-state index in [0.29, 0.717) is 11.7 Å². The van der Waals surface area contributed by atoms with Crippen molar-refractivity contribution in [1.82, 2.24) is 0 Å². The van der Waals surface area contributed by atoms with Gasteiger partial charge in [-0.3, -0.25) is 0 Å². The van der Waals surface area contributed by atoms with Gasteiger partial charge in [-0.05, 0) is 13.3 Å². The second kappa shape index (κ2) is 6.33. The zero-order valence-electron chi connectivity index (χ0n) is 7.95. The van der Waals surface area contributed by atoms with E-state index in [1.165, 1.54) is 0 Å². The Hall–Kier alpha value is -0.200. The van der Waals surface area contributed by atoms with E-state index in [4.69, 9.17) is 5.26 Å². The van der Waals surface area contributed by atoms with Crippen LogP contribution < -0.4 is 0 Å². The van der Waals surface area contributed by atoms with Crippen LogP contribution in [0.1, 0.15) is 33.6 Å². The van der Waals surface area contributed by atoms with Gasteiger partial charge in [-0.15, -0.1) is 0 Å². The van der Waals surface area contributed by atoms with E-state index in [1.54, 1.807) is 18.7 Å². The Bertz CT molecular complexity index is 153. The lowest BCUT2D eigenvalue weighted by atomic mass is 10.3. The third-order valence-corrected chi connectivity index (χ3v) is 3.57. The first kappa shape index (κ1) is 11.8. The van der Waals surface area contributed by atoms with Gasteiger partial charge in [-0.1, -0.05) is 13.8 Å². The highest BCUT2D eigenvalue weighted by Gasteiger charge is 2.15. The number of nitrogens with zero attached hydrogens (tertiary/aromatic N) is 1. The molecular weight excluding hydrogens is 170 g/mol. The fourth-order valence-corrected chi connectivity index (χ4v) is 2.01. The van der Waals surface area contributed by atoms with Gasteiger partial charge in [0, 0.05) is 16.9 Å². The Morgan fingerprint density at radius 3 is 2.42 bits per heavy atom. The first-order valence-electron chi connectivity index (χ1n) is 4.32. The molecule has 0 aliphatic heterocycles. The van der Waals surface area contributed by atoms with Crippen molar-refractivity contribution in [1.29, 1.82) is 5.26 Å². The van der Waals surface area contributed by atoms with Gasteiger partial charge in [0.05, 0.1) is 12.2 Å². The average molecular weight is 187 g/mol. The van der Waals surface area contributed by atoms with E-state index < -0.39 is 0 Å². The van der Waals surface area contributed by atoms with Crippen molar-refractivity contribution in [2.45, 2.75) is 50.2 Å². The molecule has 0 rings (SSSR count). The lowest BCUT2D eigenvalue weighted by Gasteiger charge is -2.19. The van der Waals surface area contributed by atoms with Crippen LogP contribution in [0, 0.1) is 11.3 Å². The summed E-state index contributed by atoms with van der Waals surface area (Å²) in [6, 6.07) is 2.16. The molecule has 2 nitrogen and oxygen atoms in total. The summed E-state index contributed by atoms with van der Waals surface area (Å²) in [5, 5.41) is 18.3. The third kappa shape index (κ3) is 4.63. The van der Waals surface area contributed by atoms with Crippen molar-refractivity contribution < 1.29 is 5.11 Å². The highest BCUT2D eigenvalue weighted by molar-refractivity contribution is 8.00. The Labute approximate surface area is 79.0 Å². The van der Waals surface area contributed by atoms with Crippen LogP contribution in [0.2, 0.25) is 0 Å². The molecule has 0 aliphatic carbocycles. The Morgan fingerprint density at radius 1 is 1.50 bits per heavy atom. The zero-order valence-corrected chi connectivity index (χ0v) is 8.77. The second-order valence-electron chi connectivity index (χ2n) is 2.97. The van der Waals surface area contributed by atoms with E-state index in [-0.39, 0.29) is 11.4 Å². The molecule has 70 valence electrons. The average Bonchev–Trinajstić information content (AvgIpc) is 2.03. The van der Waals surface area contributed by atoms with Gasteiger partial charge < -0.3 is 5.11 Å². The van der Waals surface area contributed by atoms with E-state index in [2.05, 4.69) is 13.0 Å². The summed E-state index contributed by atoms with van der Waals surface area (Å²) in [6.45, 7) is 5.86. The third-order valence-electron chi connectivity index (χ3n) is 1.86. The van der Waals surface area contributed by atoms with Gasteiger partial charge >= 0.3 is 0 Å². The van der Waals surface area contributed by atoms with Crippen LogP contribution in [-0.2, 0) is 0 Å². The first-order valence-corrected chi connectivity index (χ1v) is 5.26. The van der Waals surface area contributed by atoms with E-state index >= 15 is 0 Å². The summed E-state index contributed by atoms with van der Waals surface area (Å²) in [7, 11) is 0. The molecule has 3 atom stereocenters. The second-order valence-corrected chi connectivity index (χ2v) is 4.66. The molecule has 0 saturated heterocycles. The Balaban J connectivity index is 3.78. The molecule has 12 heavy (non-hydrogen) atoms. The van der Waals surface area contributed by atoms with Crippen LogP contribution in [0.4, 0.5) is 0 Å². The van der Waals surface area contributed by atoms with E-state index in [1.807, 2.05) is 6.92 Å². The standard InChI is InChI=1S/C9H17NOS/c1-4-9(5-6-10)12-8(3)7(2)11/h7-9,11H,4-5H2,1-3H3. The molecule has 0 aromatic carbocycles. The smallest absolute Gasteiger partial charge is 0.0633 e. The Kier molecular flexibility index (Phi) is 6.23. The van der Waals surface area contributed by atoms with Crippen molar-refractivity contribution in [3.63, 3.8) is 0 Å². The molecule has 0 fully saturated rings. The molecule has 0 heterocycles. The maximum Gasteiger partial charge on any atom is 0.0633 e. The van der Waals surface area contributed by atoms with Crippen molar-refractivity contribution in [3.8, 4) is 6.07 Å². The quantitative estimate of drug-likeness (QED) is 0.717. The summed E-state index contributed by atoms with van der Waals surface area (Å²) < 4.78 is 0. The lowest BCUT2D eigenvalue weighted by Crippen LogP contribution is -2.18. The monoisotopic (exact) mass is 187 g/mol. The molecular formula is C9H17NOS. The number of aliphatic hydroxyl groups is 1. The number of hydrogen-bond acceptors (Lipinski definition) is 3. The minimum absolute atomic E-state index is 0.225. The molecule has 3 heteroatoms. The number of thioether (sulfide) groups is 1. The molecule has 0 aromatic heterocycles. The van der Waals surface area contributed by atoms with Crippen LogP contribution in [-0.4, -0.2) is 21.7 Å². The van der Waals surface area contributed by atoms with Crippen LogP contribution >= 0.6 is 11.8 Å². The molecule has 0 spiro atoms. The Morgan fingerprint density at radius 2 is 2.08 bits per heavy atom. The summed E-state index contributed by atoms with van der Waals surface area (Å²) >= 11 is 1.70. The van der Waals surface area contributed by atoms with Crippen molar-refractivity contribution in [3.05, 3.63) is 0 Å². The number of hydrogen-bond donors (Lipinski definition) is 1. The van der Waals surface area contributed by atoms with E-state index in [0.717, 1.165) is 6.42 Å². The topological polar surface area (TPSA) is 44.0 Å². The summed E-state index contributed by atoms with van der Waals surface area (Å²) in [5.41, 5.74) is 0.